The maximum Gasteiger partial charge on any atom is 0.0324 e. The van der Waals surface area contributed by atoms with E-state index in [1.807, 2.05) is 42.5 Å². The third-order valence-electron chi connectivity index (χ3n) is 2.60. The van der Waals surface area contributed by atoms with Crippen LogP contribution in [0, 0.1) is 24.0 Å². The SMILES string of the molecule is CC(CC#Cc1[c]cccc1)c1[c]cccc1. The lowest BCUT2D eigenvalue weighted by Crippen LogP contribution is -1.91. The van der Waals surface area contributed by atoms with Crippen molar-refractivity contribution in [1.82, 2.24) is 0 Å². The van der Waals surface area contributed by atoms with Crippen molar-refractivity contribution in [3.05, 3.63) is 71.8 Å². The Morgan fingerprint density at radius 2 is 1.82 bits per heavy atom. The second kappa shape index (κ2) is 5.92. The Bertz CT molecular complexity index is 500. The van der Waals surface area contributed by atoms with Crippen molar-refractivity contribution < 1.29 is 0 Å². The van der Waals surface area contributed by atoms with Crippen molar-refractivity contribution in [2.75, 3.05) is 0 Å². The molecule has 0 nitrogen and oxygen atoms in total. The predicted octanol–water partition coefficient (Wildman–Crippen LogP) is 3.83. The first-order valence-electron chi connectivity index (χ1n) is 5.78. The summed E-state index contributed by atoms with van der Waals surface area (Å²) in [4.78, 5) is 0. The molecular weight excluding hydrogens is 204 g/mol. The van der Waals surface area contributed by atoms with Crippen molar-refractivity contribution in [2.45, 2.75) is 19.3 Å². The molecule has 2 aromatic carbocycles. The van der Waals surface area contributed by atoms with E-state index in [1.165, 1.54) is 5.56 Å². The molecule has 0 heterocycles. The molecule has 0 aliphatic carbocycles. The minimum Gasteiger partial charge on any atom is -0.0972 e. The summed E-state index contributed by atoms with van der Waals surface area (Å²) in [5.41, 5.74) is 2.18. The first kappa shape index (κ1) is 11.5. The van der Waals surface area contributed by atoms with Gasteiger partial charge in [0.1, 0.15) is 0 Å². The van der Waals surface area contributed by atoms with Crippen LogP contribution in [0.1, 0.15) is 30.4 Å². The molecule has 0 fully saturated rings. The van der Waals surface area contributed by atoms with Crippen molar-refractivity contribution >= 4 is 0 Å². The molecule has 17 heavy (non-hydrogen) atoms. The minimum atomic E-state index is 0.424. The van der Waals surface area contributed by atoms with Gasteiger partial charge in [-0.05, 0) is 29.7 Å². The molecule has 0 aliphatic heterocycles. The highest BCUT2D eigenvalue weighted by Crippen LogP contribution is 2.16. The average Bonchev–Trinajstić information content (AvgIpc) is 2.41. The van der Waals surface area contributed by atoms with Gasteiger partial charge in [-0.25, -0.2) is 0 Å². The first-order valence-corrected chi connectivity index (χ1v) is 5.78. The fourth-order valence-corrected chi connectivity index (χ4v) is 1.59. The van der Waals surface area contributed by atoms with Gasteiger partial charge in [0.2, 0.25) is 0 Å². The van der Waals surface area contributed by atoms with Gasteiger partial charge in [-0.15, -0.1) is 0 Å². The summed E-state index contributed by atoms with van der Waals surface area (Å²) >= 11 is 0. The van der Waals surface area contributed by atoms with E-state index in [0.717, 1.165) is 12.0 Å². The monoisotopic (exact) mass is 218 g/mol. The zero-order valence-corrected chi connectivity index (χ0v) is 9.90. The summed E-state index contributed by atoms with van der Waals surface area (Å²) in [5.74, 6) is 6.75. The van der Waals surface area contributed by atoms with Crippen LogP contribution in [-0.4, -0.2) is 0 Å². The molecule has 0 amide bonds. The molecule has 2 radical (unpaired) electrons. The normalized spacial score (nSPS) is 11.4. The standard InChI is InChI=1S/C17H14/c1-15(17-13-6-3-7-14-17)9-8-12-16-10-4-2-5-11-16/h2-7,10,13,15H,9H2,1H3. The Hall–Kier alpha value is -2.00. The third-order valence-corrected chi connectivity index (χ3v) is 2.60. The summed E-state index contributed by atoms with van der Waals surface area (Å²) < 4.78 is 0. The van der Waals surface area contributed by atoms with E-state index in [1.54, 1.807) is 0 Å². The Balaban J connectivity index is 1.98. The summed E-state index contributed by atoms with van der Waals surface area (Å²) in [5, 5.41) is 0. The smallest absolute Gasteiger partial charge is 0.0324 e. The highest BCUT2D eigenvalue weighted by atomic mass is 14.0. The van der Waals surface area contributed by atoms with Crippen LogP contribution in [0.4, 0.5) is 0 Å². The van der Waals surface area contributed by atoms with Crippen LogP contribution in [0.5, 0.6) is 0 Å². The highest BCUT2D eigenvalue weighted by molar-refractivity contribution is 5.33. The van der Waals surface area contributed by atoms with E-state index in [9.17, 15) is 0 Å². The molecule has 0 heteroatoms. The number of hydrogen-bond donors (Lipinski definition) is 0. The van der Waals surface area contributed by atoms with Crippen molar-refractivity contribution in [3.8, 4) is 11.8 Å². The van der Waals surface area contributed by atoms with Gasteiger partial charge in [-0.2, -0.15) is 0 Å². The Morgan fingerprint density at radius 3 is 2.47 bits per heavy atom. The summed E-state index contributed by atoms with van der Waals surface area (Å²) in [6.45, 7) is 2.18. The van der Waals surface area contributed by atoms with Gasteiger partial charge >= 0.3 is 0 Å². The predicted molar refractivity (Wildman–Crippen MR) is 70.5 cm³/mol. The van der Waals surface area contributed by atoms with E-state index in [2.05, 4.69) is 37.0 Å². The summed E-state index contributed by atoms with van der Waals surface area (Å²) in [7, 11) is 0. The highest BCUT2D eigenvalue weighted by Gasteiger charge is 2.01. The van der Waals surface area contributed by atoms with E-state index >= 15 is 0 Å². The van der Waals surface area contributed by atoms with Crippen LogP contribution in [0.15, 0.2) is 48.5 Å². The molecule has 0 saturated carbocycles. The summed E-state index contributed by atoms with van der Waals surface area (Å²) in [6, 6.07) is 22.2. The quantitative estimate of drug-likeness (QED) is 0.672. The Kier molecular flexibility index (Phi) is 4.00. The Labute approximate surface area is 103 Å². The molecule has 0 aromatic heterocycles. The summed E-state index contributed by atoms with van der Waals surface area (Å²) in [6.07, 6.45) is 0.850. The molecule has 82 valence electrons. The van der Waals surface area contributed by atoms with E-state index < -0.39 is 0 Å². The van der Waals surface area contributed by atoms with Gasteiger partial charge in [0.15, 0.2) is 0 Å². The lowest BCUT2D eigenvalue weighted by molar-refractivity contribution is 0.794. The molecule has 1 unspecified atom stereocenters. The third kappa shape index (κ3) is 3.50. The van der Waals surface area contributed by atoms with E-state index in [-0.39, 0.29) is 0 Å². The zero-order valence-electron chi connectivity index (χ0n) is 9.90. The fraction of sp³-hybridized carbons (Fsp3) is 0.176. The lowest BCUT2D eigenvalue weighted by atomic mass is 9.98. The molecule has 0 saturated heterocycles. The van der Waals surface area contributed by atoms with E-state index in [0.29, 0.717) is 5.92 Å². The van der Waals surface area contributed by atoms with E-state index in [4.69, 9.17) is 0 Å². The number of benzene rings is 2. The van der Waals surface area contributed by atoms with Gasteiger partial charge in [0.05, 0.1) is 0 Å². The molecule has 0 spiro atoms. The van der Waals surface area contributed by atoms with Crippen LogP contribution in [0.25, 0.3) is 0 Å². The second-order valence-corrected chi connectivity index (χ2v) is 4.00. The number of rotatable bonds is 2. The molecule has 2 aromatic rings. The van der Waals surface area contributed by atoms with Crippen molar-refractivity contribution in [2.24, 2.45) is 0 Å². The van der Waals surface area contributed by atoms with Crippen molar-refractivity contribution in [3.63, 3.8) is 0 Å². The fourth-order valence-electron chi connectivity index (χ4n) is 1.59. The lowest BCUT2D eigenvalue weighted by Gasteiger charge is -2.06. The van der Waals surface area contributed by atoms with Gasteiger partial charge < -0.3 is 0 Å². The van der Waals surface area contributed by atoms with Crippen LogP contribution < -0.4 is 0 Å². The maximum absolute atomic E-state index is 3.24. The second-order valence-electron chi connectivity index (χ2n) is 4.00. The van der Waals surface area contributed by atoms with Gasteiger partial charge in [0, 0.05) is 12.0 Å². The molecule has 2 rings (SSSR count). The molecular formula is C17H14. The molecule has 0 aliphatic rings. The topological polar surface area (TPSA) is 0 Å². The molecule has 1 atom stereocenters. The van der Waals surface area contributed by atoms with Crippen LogP contribution in [-0.2, 0) is 0 Å². The first-order chi connectivity index (χ1) is 8.36. The van der Waals surface area contributed by atoms with Gasteiger partial charge in [0.25, 0.3) is 0 Å². The van der Waals surface area contributed by atoms with Crippen LogP contribution in [0.2, 0.25) is 0 Å². The van der Waals surface area contributed by atoms with Gasteiger partial charge in [-0.3, -0.25) is 0 Å². The van der Waals surface area contributed by atoms with Crippen molar-refractivity contribution in [1.29, 1.82) is 0 Å². The molecule has 0 N–H and O–H groups in total. The van der Waals surface area contributed by atoms with Crippen LogP contribution >= 0.6 is 0 Å². The maximum atomic E-state index is 3.24. The Morgan fingerprint density at radius 1 is 1.06 bits per heavy atom. The zero-order chi connectivity index (χ0) is 11.9. The number of hydrogen-bond acceptors (Lipinski definition) is 0. The van der Waals surface area contributed by atoms with Crippen LogP contribution in [0.3, 0.4) is 0 Å². The average molecular weight is 218 g/mol. The minimum absolute atomic E-state index is 0.424. The molecule has 0 bridgehead atoms. The van der Waals surface area contributed by atoms with Gasteiger partial charge in [-0.1, -0.05) is 61.2 Å². The largest absolute Gasteiger partial charge is 0.0972 e.